The first-order chi connectivity index (χ1) is 13.5. The number of fused-ring (bicyclic) bond motifs is 1. The first kappa shape index (κ1) is 18.2. The molecule has 1 saturated heterocycles. The maximum absolute atomic E-state index is 13.0. The van der Waals surface area contributed by atoms with Crippen LogP contribution >= 0.6 is 0 Å². The number of aryl methyl sites for hydroxylation is 1. The molecule has 146 valence electrons. The zero-order valence-electron chi connectivity index (χ0n) is 15.9. The highest BCUT2D eigenvalue weighted by Crippen LogP contribution is 2.37. The summed E-state index contributed by atoms with van der Waals surface area (Å²) in [7, 11) is 0. The van der Waals surface area contributed by atoms with Crippen molar-refractivity contribution in [1.82, 2.24) is 9.97 Å². The predicted octanol–water partition coefficient (Wildman–Crippen LogP) is 2.42. The van der Waals surface area contributed by atoms with Crippen LogP contribution in [0.1, 0.15) is 42.7 Å². The van der Waals surface area contributed by atoms with Crippen LogP contribution in [0, 0.1) is 6.92 Å². The standard InChI is InChI=1S/C20H24N6O2/c1-12-7-3-4-8-14(12)22-19(28)13-11-15(27)23-18-16(13)17(21)24-20(25-18)26-9-5-2-6-10-26/h3-4,7-8,13H,2,5-6,9-11H2,1H3,(H,22,28)(H3,21,23,24,25,27)/t13-/m1/s1. The molecule has 28 heavy (non-hydrogen) atoms. The Bertz CT molecular complexity index is 923. The summed E-state index contributed by atoms with van der Waals surface area (Å²) in [6.45, 7) is 3.65. The number of nitrogens with zero attached hydrogens (tertiary/aromatic N) is 3. The molecule has 1 fully saturated rings. The van der Waals surface area contributed by atoms with Gasteiger partial charge in [0.15, 0.2) is 0 Å². The molecule has 2 aliphatic rings. The Balaban J connectivity index is 1.65. The molecule has 3 heterocycles. The third kappa shape index (κ3) is 3.49. The van der Waals surface area contributed by atoms with Gasteiger partial charge in [0.1, 0.15) is 11.6 Å². The molecule has 1 atom stereocenters. The zero-order valence-corrected chi connectivity index (χ0v) is 15.9. The minimum Gasteiger partial charge on any atom is -0.383 e. The summed E-state index contributed by atoms with van der Waals surface area (Å²) in [5.41, 5.74) is 8.39. The number of carbonyl (C=O) groups is 2. The number of hydrogen-bond donors (Lipinski definition) is 3. The quantitative estimate of drug-likeness (QED) is 0.754. The highest BCUT2D eigenvalue weighted by atomic mass is 16.2. The number of nitrogens with one attached hydrogen (secondary N) is 2. The monoisotopic (exact) mass is 380 g/mol. The van der Waals surface area contributed by atoms with Crippen LogP contribution in [0.2, 0.25) is 0 Å². The Morgan fingerprint density at radius 2 is 1.96 bits per heavy atom. The van der Waals surface area contributed by atoms with Crippen LogP contribution in [-0.4, -0.2) is 34.9 Å². The number of hydrogen-bond acceptors (Lipinski definition) is 6. The summed E-state index contributed by atoms with van der Waals surface area (Å²) in [6, 6.07) is 7.50. The lowest BCUT2D eigenvalue weighted by Gasteiger charge is -2.30. The van der Waals surface area contributed by atoms with Crippen molar-refractivity contribution in [3.63, 3.8) is 0 Å². The Morgan fingerprint density at radius 1 is 1.21 bits per heavy atom. The molecule has 2 aromatic rings. The van der Waals surface area contributed by atoms with Crippen molar-refractivity contribution >= 4 is 35.1 Å². The molecular formula is C20H24N6O2. The smallest absolute Gasteiger partial charge is 0.232 e. The third-order valence-electron chi connectivity index (χ3n) is 5.32. The van der Waals surface area contributed by atoms with Gasteiger partial charge in [-0.1, -0.05) is 18.2 Å². The summed E-state index contributed by atoms with van der Waals surface area (Å²) >= 11 is 0. The van der Waals surface area contributed by atoms with Gasteiger partial charge in [-0.15, -0.1) is 0 Å². The number of carbonyl (C=O) groups excluding carboxylic acids is 2. The SMILES string of the molecule is Cc1ccccc1NC(=O)[C@@H]1CC(=O)Nc2nc(N3CCCCC3)nc(N)c21. The van der Waals surface area contributed by atoms with Crippen molar-refractivity contribution < 1.29 is 9.59 Å². The normalized spacial score (nSPS) is 19.0. The van der Waals surface area contributed by atoms with E-state index in [1.807, 2.05) is 31.2 Å². The average Bonchev–Trinajstić information content (AvgIpc) is 2.69. The van der Waals surface area contributed by atoms with Crippen LogP contribution in [0.5, 0.6) is 0 Å². The van der Waals surface area contributed by atoms with Crippen LogP contribution in [0.15, 0.2) is 24.3 Å². The van der Waals surface area contributed by atoms with Gasteiger partial charge in [0.2, 0.25) is 17.8 Å². The third-order valence-corrected chi connectivity index (χ3v) is 5.32. The molecule has 2 aliphatic heterocycles. The second kappa shape index (κ2) is 7.46. The Labute approximate surface area is 163 Å². The van der Waals surface area contributed by atoms with E-state index in [0.29, 0.717) is 23.0 Å². The van der Waals surface area contributed by atoms with Crippen molar-refractivity contribution in [3.8, 4) is 0 Å². The molecule has 0 radical (unpaired) electrons. The van der Waals surface area contributed by atoms with Crippen LogP contribution < -0.4 is 21.3 Å². The minimum absolute atomic E-state index is 0.0152. The van der Waals surface area contributed by atoms with Crippen LogP contribution in [0.25, 0.3) is 0 Å². The van der Waals surface area contributed by atoms with Gasteiger partial charge in [0.05, 0.1) is 11.5 Å². The summed E-state index contributed by atoms with van der Waals surface area (Å²) in [5.74, 6) is -0.161. The molecule has 0 saturated carbocycles. The fraction of sp³-hybridized carbons (Fsp3) is 0.400. The first-order valence-electron chi connectivity index (χ1n) is 9.61. The number of piperidine rings is 1. The van der Waals surface area contributed by atoms with Gasteiger partial charge < -0.3 is 21.3 Å². The summed E-state index contributed by atoms with van der Waals surface area (Å²) < 4.78 is 0. The molecule has 4 rings (SSSR count). The Morgan fingerprint density at radius 3 is 2.71 bits per heavy atom. The number of nitrogens with two attached hydrogens (primary N) is 1. The maximum atomic E-state index is 13.0. The van der Waals surface area contributed by atoms with Gasteiger partial charge in [-0.2, -0.15) is 9.97 Å². The lowest BCUT2D eigenvalue weighted by molar-refractivity contribution is -0.123. The molecular weight excluding hydrogens is 356 g/mol. The van der Waals surface area contributed by atoms with Crippen molar-refractivity contribution in [1.29, 1.82) is 0 Å². The zero-order chi connectivity index (χ0) is 19.7. The molecule has 0 unspecified atom stereocenters. The van der Waals surface area contributed by atoms with Crippen molar-refractivity contribution in [3.05, 3.63) is 35.4 Å². The summed E-state index contributed by atoms with van der Waals surface area (Å²) in [5, 5.41) is 5.67. The molecule has 8 heteroatoms. The van der Waals surface area contributed by atoms with E-state index in [9.17, 15) is 9.59 Å². The van der Waals surface area contributed by atoms with Gasteiger partial charge >= 0.3 is 0 Å². The number of aromatic nitrogens is 2. The molecule has 0 aliphatic carbocycles. The van der Waals surface area contributed by atoms with E-state index in [2.05, 4.69) is 25.5 Å². The van der Waals surface area contributed by atoms with E-state index in [-0.39, 0.29) is 24.1 Å². The molecule has 0 bridgehead atoms. The van der Waals surface area contributed by atoms with Gasteiger partial charge in [0.25, 0.3) is 0 Å². The maximum Gasteiger partial charge on any atom is 0.232 e. The van der Waals surface area contributed by atoms with Crippen LogP contribution in [0.4, 0.5) is 23.3 Å². The Hall–Kier alpha value is -3.16. The number of rotatable bonds is 3. The molecule has 1 aromatic carbocycles. The van der Waals surface area contributed by atoms with E-state index in [1.165, 1.54) is 6.42 Å². The number of benzene rings is 1. The molecule has 4 N–H and O–H groups in total. The number of para-hydroxylation sites is 1. The van der Waals surface area contributed by atoms with Gasteiger partial charge in [0, 0.05) is 25.2 Å². The van der Waals surface area contributed by atoms with E-state index < -0.39 is 5.92 Å². The number of anilines is 4. The fourth-order valence-corrected chi connectivity index (χ4v) is 3.78. The lowest BCUT2D eigenvalue weighted by Crippen LogP contribution is -2.35. The van der Waals surface area contributed by atoms with Crippen LogP contribution in [-0.2, 0) is 9.59 Å². The van der Waals surface area contributed by atoms with Gasteiger partial charge in [-0.05, 0) is 37.8 Å². The number of amides is 2. The lowest BCUT2D eigenvalue weighted by atomic mass is 9.91. The van der Waals surface area contributed by atoms with Crippen molar-refractivity contribution in [2.45, 2.75) is 38.5 Å². The molecule has 8 nitrogen and oxygen atoms in total. The summed E-state index contributed by atoms with van der Waals surface area (Å²) in [6.07, 6.45) is 3.36. The second-order valence-electron chi connectivity index (χ2n) is 7.33. The van der Waals surface area contributed by atoms with E-state index in [4.69, 9.17) is 5.73 Å². The second-order valence-corrected chi connectivity index (χ2v) is 7.33. The number of nitrogen functional groups attached to an aromatic ring is 1. The minimum atomic E-state index is -0.723. The predicted molar refractivity (Wildman–Crippen MR) is 108 cm³/mol. The summed E-state index contributed by atoms with van der Waals surface area (Å²) in [4.78, 5) is 36.3. The van der Waals surface area contributed by atoms with E-state index in [0.717, 1.165) is 31.5 Å². The molecule has 1 aromatic heterocycles. The van der Waals surface area contributed by atoms with Gasteiger partial charge in [-0.3, -0.25) is 9.59 Å². The average molecular weight is 380 g/mol. The topological polar surface area (TPSA) is 113 Å². The molecule has 2 amide bonds. The van der Waals surface area contributed by atoms with Crippen molar-refractivity contribution in [2.75, 3.05) is 34.4 Å². The largest absolute Gasteiger partial charge is 0.383 e. The fourth-order valence-electron chi connectivity index (χ4n) is 3.78. The Kier molecular flexibility index (Phi) is 4.85. The highest BCUT2D eigenvalue weighted by Gasteiger charge is 2.35. The van der Waals surface area contributed by atoms with Crippen LogP contribution in [0.3, 0.4) is 0 Å². The van der Waals surface area contributed by atoms with Gasteiger partial charge in [-0.25, -0.2) is 0 Å². The first-order valence-corrected chi connectivity index (χ1v) is 9.61. The van der Waals surface area contributed by atoms with E-state index >= 15 is 0 Å². The highest BCUT2D eigenvalue weighted by molar-refractivity contribution is 6.05. The molecule has 0 spiro atoms. The van der Waals surface area contributed by atoms with E-state index in [1.54, 1.807) is 0 Å². The van der Waals surface area contributed by atoms with Crippen molar-refractivity contribution in [2.24, 2.45) is 0 Å².